The van der Waals surface area contributed by atoms with Crippen LogP contribution in [0.1, 0.15) is 27.4 Å². The molecule has 10 heteroatoms. The maximum Gasteiger partial charge on any atom is 0.436 e. The molecule has 0 spiro atoms. The van der Waals surface area contributed by atoms with Crippen LogP contribution in [0.2, 0.25) is 0 Å². The number of carbonyl (C=O) groups excluding carboxylic acids is 1. The van der Waals surface area contributed by atoms with Gasteiger partial charge in [0.25, 0.3) is 5.91 Å². The zero-order valence-electron chi connectivity index (χ0n) is 12.0. The average molecular weight is 380 g/mol. The fraction of sp³-hybridized carbons (Fsp3) is 0.417. The normalized spacial score (nSPS) is 11.8. The molecule has 2 rings (SSSR count). The monoisotopic (exact) mass is 379 g/mol. The van der Waals surface area contributed by atoms with E-state index in [-0.39, 0.29) is 16.7 Å². The van der Waals surface area contributed by atoms with Crippen LogP contribution in [0.5, 0.6) is 0 Å². The molecule has 0 unspecified atom stereocenters. The van der Waals surface area contributed by atoms with Crippen molar-refractivity contribution in [3.8, 4) is 0 Å². The Hall–Kier alpha value is -1.84. The number of aryl methyl sites for hydroxylation is 2. The summed E-state index contributed by atoms with van der Waals surface area (Å²) in [7, 11) is 3.04. The van der Waals surface area contributed by atoms with Crippen LogP contribution in [0.4, 0.5) is 13.2 Å². The Balaban J connectivity index is 2.20. The Bertz CT molecular complexity index is 719. The highest BCUT2D eigenvalue weighted by Gasteiger charge is 2.39. The third-order valence-corrected chi connectivity index (χ3v) is 4.00. The summed E-state index contributed by atoms with van der Waals surface area (Å²) in [5.41, 5.74) is 0.331. The molecule has 0 fully saturated rings. The number of rotatable bonds is 3. The summed E-state index contributed by atoms with van der Waals surface area (Å²) in [6.45, 7) is 1.99. The van der Waals surface area contributed by atoms with E-state index in [1.165, 1.54) is 7.05 Å². The van der Waals surface area contributed by atoms with Crippen LogP contribution in [0.25, 0.3) is 0 Å². The van der Waals surface area contributed by atoms with Crippen LogP contribution in [0.3, 0.4) is 0 Å². The van der Waals surface area contributed by atoms with E-state index in [4.69, 9.17) is 0 Å². The van der Waals surface area contributed by atoms with Crippen molar-refractivity contribution in [3.63, 3.8) is 0 Å². The lowest BCUT2D eigenvalue weighted by Crippen LogP contribution is -2.25. The number of aromatic nitrogens is 4. The van der Waals surface area contributed by atoms with Crippen molar-refractivity contribution in [1.29, 1.82) is 0 Å². The van der Waals surface area contributed by atoms with Gasteiger partial charge in [-0.3, -0.25) is 14.2 Å². The Morgan fingerprint density at radius 2 is 2.00 bits per heavy atom. The fourth-order valence-corrected chi connectivity index (χ4v) is 2.64. The third-order valence-electron chi connectivity index (χ3n) is 3.25. The molecule has 0 saturated heterocycles. The number of carbonyl (C=O) groups is 1. The highest BCUT2D eigenvalue weighted by molar-refractivity contribution is 9.10. The van der Waals surface area contributed by atoms with Gasteiger partial charge in [0.1, 0.15) is 5.69 Å². The number of nitrogens with one attached hydrogen (secondary N) is 1. The topological polar surface area (TPSA) is 64.7 Å². The molecule has 0 bridgehead atoms. The van der Waals surface area contributed by atoms with E-state index in [0.717, 1.165) is 15.9 Å². The molecule has 2 aromatic rings. The maximum absolute atomic E-state index is 12.8. The quantitative estimate of drug-likeness (QED) is 0.888. The number of alkyl halides is 3. The molecule has 0 aliphatic carbocycles. The van der Waals surface area contributed by atoms with Crippen LogP contribution in [-0.4, -0.2) is 25.5 Å². The van der Waals surface area contributed by atoms with E-state index in [0.29, 0.717) is 0 Å². The molecule has 22 heavy (non-hydrogen) atoms. The minimum atomic E-state index is -4.63. The Morgan fingerprint density at radius 3 is 2.45 bits per heavy atom. The summed E-state index contributed by atoms with van der Waals surface area (Å²) in [6, 6.07) is 0. The van der Waals surface area contributed by atoms with E-state index in [1.807, 2.05) is 6.92 Å². The molecule has 0 aliphatic heterocycles. The molecule has 0 radical (unpaired) electrons. The summed E-state index contributed by atoms with van der Waals surface area (Å²) in [4.78, 5) is 12.1. The van der Waals surface area contributed by atoms with E-state index >= 15 is 0 Å². The molecule has 1 amide bonds. The summed E-state index contributed by atoms with van der Waals surface area (Å²) in [6.07, 6.45) is -3.04. The molecular formula is C12H13BrF3N5O. The first kappa shape index (κ1) is 16.5. The number of amides is 1. The van der Waals surface area contributed by atoms with Gasteiger partial charge in [0.15, 0.2) is 5.69 Å². The predicted octanol–water partition coefficient (Wildman–Crippen LogP) is 2.17. The molecule has 1 N–H and O–H groups in total. The molecule has 0 aliphatic rings. The molecule has 0 aromatic carbocycles. The molecule has 120 valence electrons. The molecule has 0 atom stereocenters. The fourth-order valence-electron chi connectivity index (χ4n) is 1.90. The molecule has 2 heterocycles. The van der Waals surface area contributed by atoms with Gasteiger partial charge in [0.2, 0.25) is 0 Å². The Kier molecular flexibility index (Phi) is 4.32. The second kappa shape index (κ2) is 5.75. The van der Waals surface area contributed by atoms with Crippen LogP contribution in [-0.2, 0) is 26.8 Å². The van der Waals surface area contributed by atoms with Crippen molar-refractivity contribution in [2.45, 2.75) is 19.6 Å². The van der Waals surface area contributed by atoms with Gasteiger partial charge in [0, 0.05) is 31.9 Å². The van der Waals surface area contributed by atoms with Gasteiger partial charge in [-0.15, -0.1) is 0 Å². The lowest BCUT2D eigenvalue weighted by molar-refractivity contribution is -0.142. The predicted molar refractivity (Wildman–Crippen MR) is 75.0 cm³/mol. The van der Waals surface area contributed by atoms with Crippen molar-refractivity contribution in [3.05, 3.63) is 33.3 Å². The van der Waals surface area contributed by atoms with Crippen molar-refractivity contribution in [1.82, 2.24) is 24.9 Å². The first-order valence-electron chi connectivity index (χ1n) is 6.18. The number of halogens is 4. The first-order valence-corrected chi connectivity index (χ1v) is 6.97. The summed E-state index contributed by atoms with van der Waals surface area (Å²) in [5.74, 6) is -0.652. The zero-order chi connectivity index (χ0) is 16.7. The Morgan fingerprint density at radius 1 is 1.36 bits per heavy atom. The standard InChI is InChI=1S/C12H13BrF3N5O/c1-6-7(5-18-20(6)2)4-17-11(22)9-8(13)10(12(14,15)16)19-21(9)3/h5H,4H2,1-3H3,(H,17,22). The SMILES string of the molecule is Cc1c(CNC(=O)c2c(Br)c(C(F)(F)F)nn2C)cnn1C. The van der Waals surface area contributed by atoms with Gasteiger partial charge in [-0.1, -0.05) is 0 Å². The first-order chi connectivity index (χ1) is 10.1. The number of hydrogen-bond donors (Lipinski definition) is 1. The lowest BCUT2D eigenvalue weighted by Gasteiger charge is -2.06. The number of nitrogens with zero attached hydrogens (tertiary/aromatic N) is 4. The summed E-state index contributed by atoms with van der Waals surface area (Å²) < 4.78 is 40.5. The van der Waals surface area contributed by atoms with Gasteiger partial charge in [-0.05, 0) is 22.9 Å². The minimum Gasteiger partial charge on any atom is -0.346 e. The van der Waals surface area contributed by atoms with E-state index in [1.54, 1.807) is 17.9 Å². The highest BCUT2D eigenvalue weighted by Crippen LogP contribution is 2.35. The van der Waals surface area contributed by atoms with E-state index in [2.05, 4.69) is 31.4 Å². The van der Waals surface area contributed by atoms with Crippen molar-refractivity contribution in [2.24, 2.45) is 14.1 Å². The smallest absolute Gasteiger partial charge is 0.346 e. The van der Waals surface area contributed by atoms with E-state index in [9.17, 15) is 18.0 Å². The van der Waals surface area contributed by atoms with Crippen LogP contribution in [0.15, 0.2) is 10.7 Å². The summed E-state index contributed by atoms with van der Waals surface area (Å²) >= 11 is 2.80. The van der Waals surface area contributed by atoms with Gasteiger partial charge < -0.3 is 5.32 Å². The van der Waals surface area contributed by atoms with Crippen molar-refractivity contribution < 1.29 is 18.0 Å². The molecule has 6 nitrogen and oxygen atoms in total. The van der Waals surface area contributed by atoms with Gasteiger partial charge in [-0.2, -0.15) is 23.4 Å². The average Bonchev–Trinajstić information content (AvgIpc) is 2.88. The van der Waals surface area contributed by atoms with Crippen LogP contribution >= 0.6 is 15.9 Å². The third kappa shape index (κ3) is 3.01. The minimum absolute atomic E-state index is 0.164. The molecule has 0 saturated carbocycles. The van der Waals surface area contributed by atoms with Crippen molar-refractivity contribution in [2.75, 3.05) is 0 Å². The molecule has 2 aromatic heterocycles. The second-order valence-electron chi connectivity index (χ2n) is 4.69. The van der Waals surface area contributed by atoms with Crippen LogP contribution < -0.4 is 5.32 Å². The number of hydrogen-bond acceptors (Lipinski definition) is 3. The largest absolute Gasteiger partial charge is 0.436 e. The molecular weight excluding hydrogens is 367 g/mol. The van der Waals surface area contributed by atoms with E-state index < -0.39 is 17.8 Å². The second-order valence-corrected chi connectivity index (χ2v) is 5.49. The van der Waals surface area contributed by atoms with Crippen molar-refractivity contribution >= 4 is 21.8 Å². The maximum atomic E-state index is 12.8. The summed E-state index contributed by atoms with van der Waals surface area (Å²) in [5, 5.41) is 9.94. The van der Waals surface area contributed by atoms with Crippen LogP contribution in [0, 0.1) is 6.92 Å². The van der Waals surface area contributed by atoms with Gasteiger partial charge in [-0.25, -0.2) is 0 Å². The zero-order valence-corrected chi connectivity index (χ0v) is 13.6. The van der Waals surface area contributed by atoms with Gasteiger partial charge in [0.05, 0.1) is 10.7 Å². The van der Waals surface area contributed by atoms with Gasteiger partial charge >= 0.3 is 6.18 Å². The Labute approximate surface area is 132 Å². The highest BCUT2D eigenvalue weighted by atomic mass is 79.9. The lowest BCUT2D eigenvalue weighted by atomic mass is 10.2.